The van der Waals surface area contributed by atoms with Crippen molar-refractivity contribution in [3.8, 4) is 0 Å². The standard InChI is InChI=1S/C13H15FN2O2S/c14-9-1-3-10(4-2-9)16-12(17)13(11(15)19)5-7-18-8-6-13/h1-4H,5-8H2,(H2,15,19)(H,16,17). The van der Waals surface area contributed by atoms with Gasteiger partial charge in [-0.15, -0.1) is 0 Å². The van der Waals surface area contributed by atoms with Gasteiger partial charge in [0.1, 0.15) is 11.2 Å². The molecule has 0 unspecified atom stereocenters. The lowest BCUT2D eigenvalue weighted by Crippen LogP contribution is -2.49. The molecule has 0 aliphatic carbocycles. The summed E-state index contributed by atoms with van der Waals surface area (Å²) >= 11 is 5.04. The number of ether oxygens (including phenoxy) is 1. The molecule has 0 saturated carbocycles. The predicted octanol–water partition coefficient (Wildman–Crippen LogP) is 1.85. The first kappa shape index (κ1) is 13.9. The van der Waals surface area contributed by atoms with E-state index in [-0.39, 0.29) is 16.7 Å². The maximum absolute atomic E-state index is 12.8. The fraction of sp³-hybridized carbons (Fsp3) is 0.385. The minimum Gasteiger partial charge on any atom is -0.392 e. The van der Waals surface area contributed by atoms with Crippen molar-refractivity contribution in [2.24, 2.45) is 11.1 Å². The normalized spacial score (nSPS) is 17.7. The van der Waals surface area contributed by atoms with Crippen LogP contribution < -0.4 is 11.1 Å². The summed E-state index contributed by atoms with van der Waals surface area (Å²) in [5, 5.41) is 2.73. The number of rotatable bonds is 3. The summed E-state index contributed by atoms with van der Waals surface area (Å²) in [5.74, 6) is -0.608. The lowest BCUT2D eigenvalue weighted by molar-refractivity contribution is -0.126. The van der Waals surface area contributed by atoms with E-state index in [1.165, 1.54) is 24.3 Å². The molecule has 6 heteroatoms. The Morgan fingerprint density at radius 3 is 2.42 bits per heavy atom. The topological polar surface area (TPSA) is 64.4 Å². The molecule has 1 aromatic rings. The second kappa shape index (κ2) is 5.63. The van der Waals surface area contributed by atoms with Crippen LogP contribution in [0, 0.1) is 11.2 Å². The van der Waals surface area contributed by atoms with Gasteiger partial charge in [0.05, 0.1) is 4.99 Å². The van der Waals surface area contributed by atoms with Gasteiger partial charge in [-0.05, 0) is 37.1 Å². The highest BCUT2D eigenvalue weighted by molar-refractivity contribution is 7.80. The van der Waals surface area contributed by atoms with Gasteiger partial charge in [-0.25, -0.2) is 4.39 Å². The van der Waals surface area contributed by atoms with Crippen molar-refractivity contribution in [1.29, 1.82) is 0 Å². The monoisotopic (exact) mass is 282 g/mol. The van der Waals surface area contributed by atoms with E-state index in [0.29, 0.717) is 31.7 Å². The molecule has 1 aliphatic heterocycles. The van der Waals surface area contributed by atoms with Crippen LogP contribution >= 0.6 is 12.2 Å². The Labute approximate surface area is 116 Å². The van der Waals surface area contributed by atoms with Crippen LogP contribution in [0.25, 0.3) is 0 Å². The van der Waals surface area contributed by atoms with E-state index >= 15 is 0 Å². The number of anilines is 1. The van der Waals surface area contributed by atoms with Crippen molar-refractivity contribution in [3.63, 3.8) is 0 Å². The van der Waals surface area contributed by atoms with Gasteiger partial charge in [0.15, 0.2) is 0 Å². The fourth-order valence-corrected chi connectivity index (χ4v) is 2.39. The summed E-state index contributed by atoms with van der Waals surface area (Å²) in [7, 11) is 0. The molecule has 1 saturated heterocycles. The molecule has 0 radical (unpaired) electrons. The largest absolute Gasteiger partial charge is 0.392 e. The van der Waals surface area contributed by atoms with Crippen LogP contribution in [0.3, 0.4) is 0 Å². The number of carbonyl (C=O) groups excluding carboxylic acids is 1. The van der Waals surface area contributed by atoms with E-state index in [1.54, 1.807) is 0 Å². The zero-order chi connectivity index (χ0) is 13.9. The number of hydrogen-bond donors (Lipinski definition) is 2. The number of nitrogens with one attached hydrogen (secondary N) is 1. The quantitative estimate of drug-likeness (QED) is 0.830. The maximum Gasteiger partial charge on any atom is 0.237 e. The minimum absolute atomic E-state index is 0.176. The SMILES string of the molecule is NC(=S)C1(C(=O)Nc2ccc(F)cc2)CCOCC1. The Morgan fingerprint density at radius 1 is 1.32 bits per heavy atom. The van der Waals surface area contributed by atoms with Crippen LogP contribution in [-0.4, -0.2) is 24.1 Å². The lowest BCUT2D eigenvalue weighted by atomic mass is 9.79. The van der Waals surface area contributed by atoms with Crippen molar-refractivity contribution < 1.29 is 13.9 Å². The number of halogens is 1. The molecule has 102 valence electrons. The van der Waals surface area contributed by atoms with Crippen LogP contribution in [0.2, 0.25) is 0 Å². The third kappa shape index (κ3) is 2.90. The van der Waals surface area contributed by atoms with Gasteiger partial charge in [0, 0.05) is 18.9 Å². The molecule has 1 fully saturated rings. The first-order valence-electron chi connectivity index (χ1n) is 5.99. The van der Waals surface area contributed by atoms with E-state index < -0.39 is 5.41 Å². The Kier molecular flexibility index (Phi) is 4.11. The Hall–Kier alpha value is -1.53. The average Bonchev–Trinajstić information content (AvgIpc) is 2.42. The van der Waals surface area contributed by atoms with Crippen LogP contribution in [0.1, 0.15) is 12.8 Å². The van der Waals surface area contributed by atoms with Gasteiger partial charge < -0.3 is 15.8 Å². The highest BCUT2D eigenvalue weighted by Gasteiger charge is 2.42. The van der Waals surface area contributed by atoms with E-state index in [0.717, 1.165) is 0 Å². The first-order chi connectivity index (χ1) is 9.04. The predicted molar refractivity (Wildman–Crippen MR) is 74.3 cm³/mol. The van der Waals surface area contributed by atoms with Gasteiger partial charge in [-0.3, -0.25) is 4.79 Å². The Morgan fingerprint density at radius 2 is 1.89 bits per heavy atom. The second-order valence-electron chi connectivity index (χ2n) is 4.52. The van der Waals surface area contributed by atoms with Gasteiger partial charge in [-0.2, -0.15) is 0 Å². The van der Waals surface area contributed by atoms with Crippen LogP contribution in [0.15, 0.2) is 24.3 Å². The Balaban J connectivity index is 2.16. The maximum atomic E-state index is 12.8. The van der Waals surface area contributed by atoms with Crippen LogP contribution in [-0.2, 0) is 9.53 Å². The Bertz CT molecular complexity index is 484. The molecule has 1 aliphatic rings. The molecular weight excluding hydrogens is 267 g/mol. The molecule has 4 nitrogen and oxygen atoms in total. The van der Waals surface area contributed by atoms with Crippen LogP contribution in [0.5, 0.6) is 0 Å². The molecule has 1 amide bonds. The number of carbonyl (C=O) groups is 1. The van der Waals surface area contributed by atoms with Crippen LogP contribution in [0.4, 0.5) is 10.1 Å². The lowest BCUT2D eigenvalue weighted by Gasteiger charge is -2.34. The summed E-state index contributed by atoms with van der Waals surface area (Å²) in [5.41, 5.74) is 5.38. The summed E-state index contributed by atoms with van der Waals surface area (Å²) in [4.78, 5) is 12.6. The summed E-state index contributed by atoms with van der Waals surface area (Å²) < 4.78 is 18.1. The van der Waals surface area contributed by atoms with Gasteiger partial charge in [0.25, 0.3) is 0 Å². The van der Waals surface area contributed by atoms with E-state index in [2.05, 4.69) is 5.32 Å². The van der Waals surface area contributed by atoms with Gasteiger partial charge in [0.2, 0.25) is 5.91 Å². The van der Waals surface area contributed by atoms with Crippen molar-refractivity contribution >= 4 is 28.8 Å². The highest BCUT2D eigenvalue weighted by Crippen LogP contribution is 2.32. The highest BCUT2D eigenvalue weighted by atomic mass is 32.1. The van der Waals surface area contributed by atoms with E-state index in [9.17, 15) is 9.18 Å². The molecule has 1 aromatic carbocycles. The first-order valence-corrected chi connectivity index (χ1v) is 6.40. The molecule has 2 rings (SSSR count). The number of benzene rings is 1. The smallest absolute Gasteiger partial charge is 0.237 e. The van der Waals surface area contributed by atoms with E-state index in [1.807, 2.05) is 0 Å². The molecule has 3 N–H and O–H groups in total. The molecule has 0 bridgehead atoms. The number of hydrogen-bond acceptors (Lipinski definition) is 3. The molecule has 19 heavy (non-hydrogen) atoms. The average molecular weight is 282 g/mol. The van der Waals surface area contributed by atoms with Crippen molar-refractivity contribution in [2.75, 3.05) is 18.5 Å². The zero-order valence-corrected chi connectivity index (χ0v) is 11.1. The zero-order valence-electron chi connectivity index (χ0n) is 10.3. The molecule has 0 aromatic heterocycles. The molecule has 1 heterocycles. The molecule has 0 spiro atoms. The second-order valence-corrected chi connectivity index (χ2v) is 4.96. The van der Waals surface area contributed by atoms with Crippen molar-refractivity contribution in [2.45, 2.75) is 12.8 Å². The van der Waals surface area contributed by atoms with E-state index in [4.69, 9.17) is 22.7 Å². The summed E-state index contributed by atoms with van der Waals surface area (Å²) in [6.45, 7) is 0.905. The third-order valence-corrected chi connectivity index (χ3v) is 3.75. The number of thiocarbonyl (C=S) groups is 1. The fourth-order valence-electron chi connectivity index (χ4n) is 2.09. The summed E-state index contributed by atoms with van der Waals surface area (Å²) in [6, 6.07) is 5.57. The number of amides is 1. The molecule has 0 atom stereocenters. The molecular formula is C13H15FN2O2S. The summed E-state index contributed by atoms with van der Waals surface area (Å²) in [6.07, 6.45) is 0.935. The third-order valence-electron chi connectivity index (χ3n) is 3.35. The van der Waals surface area contributed by atoms with Crippen molar-refractivity contribution in [1.82, 2.24) is 0 Å². The minimum atomic E-state index is -0.873. The van der Waals surface area contributed by atoms with Gasteiger partial charge in [-0.1, -0.05) is 12.2 Å². The van der Waals surface area contributed by atoms with Crippen molar-refractivity contribution in [3.05, 3.63) is 30.1 Å². The number of nitrogens with two attached hydrogens (primary N) is 1. The van der Waals surface area contributed by atoms with Gasteiger partial charge >= 0.3 is 0 Å².